The van der Waals surface area contributed by atoms with E-state index in [0.29, 0.717) is 24.6 Å². The molecule has 0 radical (unpaired) electrons. The van der Waals surface area contributed by atoms with E-state index in [1.807, 2.05) is 0 Å². The smallest absolute Gasteiger partial charge is 0.277 e. The zero-order valence-corrected chi connectivity index (χ0v) is 9.25. The van der Waals surface area contributed by atoms with Gasteiger partial charge in [0.2, 0.25) is 5.95 Å². The first-order valence-corrected chi connectivity index (χ1v) is 5.63. The molecule has 0 spiro atoms. The molecule has 2 aromatic heterocycles. The van der Waals surface area contributed by atoms with E-state index < -0.39 is 0 Å². The van der Waals surface area contributed by atoms with Crippen LogP contribution in [0.4, 0.5) is 5.95 Å². The van der Waals surface area contributed by atoms with Gasteiger partial charge in [0.1, 0.15) is 5.69 Å². The van der Waals surface area contributed by atoms with Gasteiger partial charge < -0.3 is 10.7 Å². The highest BCUT2D eigenvalue weighted by Crippen LogP contribution is 2.11. The molecule has 2 rings (SSSR count). The summed E-state index contributed by atoms with van der Waals surface area (Å²) in [6.45, 7) is 0.534. The molecule has 4 N–H and O–H groups in total. The Bertz CT molecular complexity index is 464. The third-order valence-electron chi connectivity index (χ3n) is 1.87. The minimum atomic E-state index is -0.269. The van der Waals surface area contributed by atoms with Gasteiger partial charge in [-0.05, 0) is 6.54 Å². The van der Waals surface area contributed by atoms with Crippen molar-refractivity contribution in [3.8, 4) is 0 Å². The van der Waals surface area contributed by atoms with Crippen LogP contribution >= 0.6 is 11.3 Å². The van der Waals surface area contributed by atoms with E-state index in [4.69, 9.17) is 5.73 Å². The quantitative estimate of drug-likeness (QED) is 0.726. The molecule has 0 aliphatic heterocycles. The summed E-state index contributed by atoms with van der Waals surface area (Å²) in [5.41, 5.74) is 5.80. The number of hydrogen-bond donors (Lipinski definition) is 3. The Balaban J connectivity index is 2.03. The molecular formula is C9H11N5OS. The first-order chi connectivity index (χ1) is 7.79. The number of carbonyl (C=O) groups is 1. The monoisotopic (exact) mass is 237 g/mol. The predicted molar refractivity (Wildman–Crippen MR) is 61.4 cm³/mol. The van der Waals surface area contributed by atoms with E-state index >= 15 is 0 Å². The van der Waals surface area contributed by atoms with E-state index in [1.54, 1.807) is 17.8 Å². The Labute approximate surface area is 95.9 Å². The molecule has 16 heavy (non-hydrogen) atoms. The lowest BCUT2D eigenvalue weighted by Crippen LogP contribution is -2.13. The van der Waals surface area contributed by atoms with Crippen molar-refractivity contribution >= 4 is 23.2 Å². The van der Waals surface area contributed by atoms with Crippen LogP contribution < -0.4 is 11.1 Å². The van der Waals surface area contributed by atoms with E-state index in [0.717, 1.165) is 5.01 Å². The van der Waals surface area contributed by atoms with Crippen molar-refractivity contribution in [3.63, 3.8) is 0 Å². The zero-order chi connectivity index (χ0) is 11.4. The van der Waals surface area contributed by atoms with Crippen LogP contribution in [0.1, 0.15) is 15.5 Å². The summed E-state index contributed by atoms with van der Waals surface area (Å²) < 4.78 is 0. The van der Waals surface area contributed by atoms with Crippen molar-refractivity contribution in [1.29, 1.82) is 0 Å². The number of nitrogens with two attached hydrogens (primary N) is 1. The van der Waals surface area contributed by atoms with Crippen LogP contribution in [0.25, 0.3) is 0 Å². The number of rotatable bonds is 4. The number of aromatic nitrogens is 3. The molecule has 0 aliphatic carbocycles. The minimum Gasteiger partial charge on any atom is -0.331 e. The van der Waals surface area contributed by atoms with Gasteiger partial charge in [-0.15, -0.1) is 11.3 Å². The molecule has 0 saturated carbocycles. The SMILES string of the molecule is NCCc1nc(C(=O)Nc2ncc[nH]2)cs1. The molecule has 1 amide bonds. The first kappa shape index (κ1) is 10.8. The third kappa shape index (κ3) is 2.44. The van der Waals surface area contributed by atoms with Gasteiger partial charge in [-0.25, -0.2) is 9.97 Å². The maximum Gasteiger partial charge on any atom is 0.277 e. The molecule has 6 nitrogen and oxygen atoms in total. The summed E-state index contributed by atoms with van der Waals surface area (Å²) in [6.07, 6.45) is 3.89. The molecule has 0 saturated heterocycles. The lowest BCUT2D eigenvalue weighted by atomic mass is 10.4. The fourth-order valence-corrected chi connectivity index (χ4v) is 1.95. The second-order valence-electron chi connectivity index (χ2n) is 3.06. The molecule has 2 aromatic rings. The van der Waals surface area contributed by atoms with E-state index in [2.05, 4.69) is 20.3 Å². The van der Waals surface area contributed by atoms with Gasteiger partial charge in [-0.1, -0.05) is 0 Å². The van der Waals surface area contributed by atoms with Gasteiger partial charge in [0.05, 0.1) is 5.01 Å². The summed E-state index contributed by atoms with van der Waals surface area (Å²) >= 11 is 1.43. The van der Waals surface area contributed by atoms with Gasteiger partial charge in [0.25, 0.3) is 5.91 Å². The highest BCUT2D eigenvalue weighted by molar-refractivity contribution is 7.09. The summed E-state index contributed by atoms with van der Waals surface area (Å²) in [5, 5.41) is 5.18. The van der Waals surface area contributed by atoms with Crippen molar-refractivity contribution < 1.29 is 4.79 Å². The maximum atomic E-state index is 11.7. The van der Waals surface area contributed by atoms with Crippen molar-refractivity contribution in [3.05, 3.63) is 28.5 Å². The molecule has 0 unspecified atom stereocenters. The van der Waals surface area contributed by atoms with Gasteiger partial charge in [0.15, 0.2) is 0 Å². The van der Waals surface area contributed by atoms with Crippen LogP contribution in [0.2, 0.25) is 0 Å². The molecule has 0 atom stereocenters. The van der Waals surface area contributed by atoms with Crippen molar-refractivity contribution in [2.24, 2.45) is 5.73 Å². The average molecular weight is 237 g/mol. The maximum absolute atomic E-state index is 11.7. The predicted octanol–water partition coefficient (Wildman–Crippen LogP) is 0.620. The molecule has 0 bridgehead atoms. The van der Waals surface area contributed by atoms with Crippen LogP contribution in [0.15, 0.2) is 17.8 Å². The number of H-pyrrole nitrogens is 1. The lowest BCUT2D eigenvalue weighted by Gasteiger charge is -1.97. The third-order valence-corrected chi connectivity index (χ3v) is 2.78. The highest BCUT2D eigenvalue weighted by Gasteiger charge is 2.11. The summed E-state index contributed by atoms with van der Waals surface area (Å²) in [7, 11) is 0. The summed E-state index contributed by atoms with van der Waals surface area (Å²) in [5.74, 6) is 0.146. The number of carbonyl (C=O) groups excluding carboxylic acids is 1. The molecule has 7 heteroatoms. The van der Waals surface area contributed by atoms with E-state index in [-0.39, 0.29) is 5.91 Å². The topological polar surface area (TPSA) is 96.7 Å². The summed E-state index contributed by atoms with van der Waals surface area (Å²) in [4.78, 5) is 22.5. The number of thiazole rings is 1. The van der Waals surface area contributed by atoms with Crippen LogP contribution in [0, 0.1) is 0 Å². The second-order valence-corrected chi connectivity index (χ2v) is 4.00. The van der Waals surface area contributed by atoms with Crippen LogP contribution in [0.5, 0.6) is 0 Å². The largest absolute Gasteiger partial charge is 0.331 e. The Morgan fingerprint density at radius 2 is 2.50 bits per heavy atom. The molecule has 2 heterocycles. The molecular weight excluding hydrogens is 226 g/mol. The van der Waals surface area contributed by atoms with Crippen molar-refractivity contribution in [2.75, 3.05) is 11.9 Å². The Hall–Kier alpha value is -1.73. The number of imidazole rings is 1. The standard InChI is InChI=1S/C9H11N5OS/c10-2-1-7-13-6(5-16-7)8(15)14-9-11-3-4-12-9/h3-5H,1-2,10H2,(H2,11,12,14,15). The minimum absolute atomic E-state index is 0.269. The van der Waals surface area contributed by atoms with Crippen LogP contribution in [0.3, 0.4) is 0 Å². The molecule has 84 valence electrons. The molecule has 0 fully saturated rings. The highest BCUT2D eigenvalue weighted by atomic mass is 32.1. The van der Waals surface area contributed by atoms with Gasteiger partial charge in [-0.3, -0.25) is 10.1 Å². The van der Waals surface area contributed by atoms with Crippen molar-refractivity contribution in [1.82, 2.24) is 15.0 Å². The zero-order valence-electron chi connectivity index (χ0n) is 8.43. The fraction of sp³-hybridized carbons (Fsp3) is 0.222. The van der Waals surface area contributed by atoms with E-state index in [1.165, 1.54) is 11.3 Å². The number of nitrogens with zero attached hydrogens (tertiary/aromatic N) is 2. The van der Waals surface area contributed by atoms with Gasteiger partial charge in [0, 0.05) is 24.2 Å². The Morgan fingerprint density at radius 1 is 1.62 bits per heavy atom. The number of hydrogen-bond acceptors (Lipinski definition) is 5. The van der Waals surface area contributed by atoms with Crippen LogP contribution in [-0.4, -0.2) is 27.4 Å². The number of amides is 1. The second kappa shape index (κ2) is 4.86. The van der Waals surface area contributed by atoms with Gasteiger partial charge >= 0.3 is 0 Å². The van der Waals surface area contributed by atoms with Crippen LogP contribution in [-0.2, 0) is 6.42 Å². The molecule has 0 aliphatic rings. The molecule has 0 aromatic carbocycles. The normalized spacial score (nSPS) is 10.3. The summed E-state index contributed by atoms with van der Waals surface area (Å²) in [6, 6.07) is 0. The van der Waals surface area contributed by atoms with Gasteiger partial charge in [-0.2, -0.15) is 0 Å². The number of anilines is 1. The fourth-order valence-electron chi connectivity index (χ4n) is 1.16. The first-order valence-electron chi connectivity index (χ1n) is 4.75. The Kier molecular flexibility index (Phi) is 3.28. The average Bonchev–Trinajstić information content (AvgIpc) is 2.89. The van der Waals surface area contributed by atoms with E-state index in [9.17, 15) is 4.79 Å². The lowest BCUT2D eigenvalue weighted by molar-refractivity contribution is 0.102. The van der Waals surface area contributed by atoms with Crippen molar-refractivity contribution in [2.45, 2.75) is 6.42 Å². The number of aromatic amines is 1. The number of nitrogens with one attached hydrogen (secondary N) is 2. The Morgan fingerprint density at radius 3 is 3.19 bits per heavy atom.